The number of hydrogen-bond donors (Lipinski definition) is 1. The predicted molar refractivity (Wildman–Crippen MR) is 60.8 cm³/mol. The van der Waals surface area contributed by atoms with Crippen molar-refractivity contribution in [1.82, 2.24) is 5.32 Å². The average Bonchev–Trinajstić information content (AvgIpc) is 2.12. The topological polar surface area (TPSA) is 21.3 Å². The summed E-state index contributed by atoms with van der Waals surface area (Å²) in [5.74, 6) is 1.76. The zero-order valence-electron chi connectivity index (χ0n) is 8.22. The fourth-order valence-corrected chi connectivity index (χ4v) is 2.22. The van der Waals surface area contributed by atoms with Crippen LogP contribution in [0.4, 0.5) is 0 Å². The van der Waals surface area contributed by atoms with Gasteiger partial charge in [-0.05, 0) is 37.6 Å². The third kappa shape index (κ3) is 1.93. The van der Waals surface area contributed by atoms with Crippen molar-refractivity contribution in [2.24, 2.45) is 5.92 Å². The average molecular weight is 256 g/mol. The van der Waals surface area contributed by atoms with E-state index in [0.717, 1.165) is 35.7 Å². The highest BCUT2D eigenvalue weighted by molar-refractivity contribution is 9.10. The summed E-state index contributed by atoms with van der Waals surface area (Å²) in [7, 11) is 1.73. The molecule has 0 aliphatic carbocycles. The summed E-state index contributed by atoms with van der Waals surface area (Å²) in [6.07, 6.45) is 1.09. The fraction of sp³-hybridized carbons (Fsp3) is 0.455. The molecule has 0 bridgehead atoms. The SMILES string of the molecule is COc1cccc(Br)c1CC1CNC1. The zero-order chi connectivity index (χ0) is 9.97. The maximum absolute atomic E-state index is 5.35. The lowest BCUT2D eigenvalue weighted by molar-refractivity contribution is 0.338. The number of halogens is 1. The van der Waals surface area contributed by atoms with Gasteiger partial charge in [0, 0.05) is 10.0 Å². The smallest absolute Gasteiger partial charge is 0.123 e. The fourth-order valence-electron chi connectivity index (χ4n) is 1.71. The van der Waals surface area contributed by atoms with E-state index in [4.69, 9.17) is 4.74 Å². The quantitative estimate of drug-likeness (QED) is 0.895. The van der Waals surface area contributed by atoms with Gasteiger partial charge in [0.2, 0.25) is 0 Å². The van der Waals surface area contributed by atoms with Crippen LogP contribution in [-0.2, 0) is 6.42 Å². The molecule has 0 spiro atoms. The van der Waals surface area contributed by atoms with E-state index in [0.29, 0.717) is 0 Å². The summed E-state index contributed by atoms with van der Waals surface area (Å²) < 4.78 is 6.50. The molecule has 2 rings (SSSR count). The molecule has 3 heteroatoms. The first-order valence-electron chi connectivity index (χ1n) is 4.83. The van der Waals surface area contributed by atoms with Crippen molar-refractivity contribution in [3.8, 4) is 5.75 Å². The molecular formula is C11H14BrNO. The van der Waals surface area contributed by atoms with E-state index < -0.39 is 0 Å². The molecule has 0 saturated carbocycles. The van der Waals surface area contributed by atoms with Gasteiger partial charge in [0.1, 0.15) is 5.75 Å². The van der Waals surface area contributed by atoms with Crippen LogP contribution in [-0.4, -0.2) is 20.2 Å². The van der Waals surface area contributed by atoms with Crippen molar-refractivity contribution in [1.29, 1.82) is 0 Å². The van der Waals surface area contributed by atoms with Crippen LogP contribution in [0.1, 0.15) is 5.56 Å². The molecule has 1 N–H and O–H groups in total. The van der Waals surface area contributed by atoms with Gasteiger partial charge in [0.05, 0.1) is 7.11 Å². The van der Waals surface area contributed by atoms with Crippen LogP contribution in [0.2, 0.25) is 0 Å². The van der Waals surface area contributed by atoms with Crippen LogP contribution in [0.5, 0.6) is 5.75 Å². The van der Waals surface area contributed by atoms with Crippen molar-refractivity contribution in [2.45, 2.75) is 6.42 Å². The largest absolute Gasteiger partial charge is 0.496 e. The van der Waals surface area contributed by atoms with E-state index in [9.17, 15) is 0 Å². The molecule has 1 heterocycles. The van der Waals surface area contributed by atoms with Gasteiger partial charge in [-0.1, -0.05) is 22.0 Å². The monoisotopic (exact) mass is 255 g/mol. The molecule has 0 aromatic heterocycles. The second-order valence-corrected chi connectivity index (χ2v) is 4.50. The molecule has 1 aliphatic heterocycles. The lowest BCUT2D eigenvalue weighted by Crippen LogP contribution is -2.43. The van der Waals surface area contributed by atoms with Gasteiger partial charge in [-0.3, -0.25) is 0 Å². The molecule has 0 unspecified atom stereocenters. The zero-order valence-corrected chi connectivity index (χ0v) is 9.80. The minimum absolute atomic E-state index is 0.766. The first-order valence-corrected chi connectivity index (χ1v) is 5.62. The number of hydrogen-bond acceptors (Lipinski definition) is 2. The number of ether oxygens (including phenoxy) is 1. The van der Waals surface area contributed by atoms with Crippen LogP contribution >= 0.6 is 15.9 Å². The minimum atomic E-state index is 0.766. The highest BCUT2D eigenvalue weighted by Gasteiger charge is 2.20. The Kier molecular flexibility index (Phi) is 3.08. The van der Waals surface area contributed by atoms with Gasteiger partial charge < -0.3 is 10.1 Å². The minimum Gasteiger partial charge on any atom is -0.496 e. The van der Waals surface area contributed by atoms with E-state index >= 15 is 0 Å². The number of methoxy groups -OCH3 is 1. The van der Waals surface area contributed by atoms with Crippen LogP contribution < -0.4 is 10.1 Å². The van der Waals surface area contributed by atoms with E-state index in [1.54, 1.807) is 7.11 Å². The number of rotatable bonds is 3. The lowest BCUT2D eigenvalue weighted by atomic mass is 9.94. The van der Waals surface area contributed by atoms with Crippen molar-refractivity contribution in [3.05, 3.63) is 28.2 Å². The van der Waals surface area contributed by atoms with Gasteiger partial charge in [-0.2, -0.15) is 0 Å². The summed E-state index contributed by atoms with van der Waals surface area (Å²) in [5, 5.41) is 3.28. The third-order valence-corrected chi connectivity index (χ3v) is 3.40. The van der Waals surface area contributed by atoms with Gasteiger partial charge in [0.15, 0.2) is 0 Å². The maximum Gasteiger partial charge on any atom is 0.123 e. The standard InChI is InChI=1S/C11H14BrNO/c1-14-11-4-2-3-10(12)9(11)5-8-6-13-7-8/h2-4,8,13H,5-7H2,1H3. The van der Waals surface area contributed by atoms with Gasteiger partial charge >= 0.3 is 0 Å². The Bertz CT molecular complexity index is 323. The highest BCUT2D eigenvalue weighted by atomic mass is 79.9. The first-order chi connectivity index (χ1) is 6.81. The normalized spacial score (nSPS) is 16.4. The molecule has 1 saturated heterocycles. The summed E-state index contributed by atoms with van der Waals surface area (Å²) in [5.41, 5.74) is 1.29. The number of benzene rings is 1. The van der Waals surface area contributed by atoms with Crippen LogP contribution in [0.25, 0.3) is 0 Å². The van der Waals surface area contributed by atoms with Crippen LogP contribution in [0.15, 0.2) is 22.7 Å². The Balaban J connectivity index is 2.19. The summed E-state index contributed by atoms with van der Waals surface area (Å²) >= 11 is 3.57. The van der Waals surface area contributed by atoms with E-state index in [1.807, 2.05) is 12.1 Å². The molecule has 76 valence electrons. The van der Waals surface area contributed by atoms with Gasteiger partial charge in [-0.15, -0.1) is 0 Å². The Morgan fingerprint density at radius 3 is 2.86 bits per heavy atom. The van der Waals surface area contributed by atoms with Crippen molar-refractivity contribution >= 4 is 15.9 Å². The second kappa shape index (κ2) is 4.32. The molecular weight excluding hydrogens is 242 g/mol. The van der Waals surface area contributed by atoms with Crippen molar-refractivity contribution in [3.63, 3.8) is 0 Å². The van der Waals surface area contributed by atoms with Crippen LogP contribution in [0, 0.1) is 5.92 Å². The second-order valence-electron chi connectivity index (χ2n) is 3.65. The molecule has 1 aromatic carbocycles. The first kappa shape index (κ1) is 9.99. The molecule has 0 radical (unpaired) electrons. The van der Waals surface area contributed by atoms with Crippen LogP contribution in [0.3, 0.4) is 0 Å². The molecule has 1 aromatic rings. The molecule has 2 nitrogen and oxygen atoms in total. The molecule has 0 amide bonds. The Hall–Kier alpha value is -0.540. The molecule has 1 fully saturated rings. The highest BCUT2D eigenvalue weighted by Crippen LogP contribution is 2.29. The van der Waals surface area contributed by atoms with Crippen molar-refractivity contribution < 1.29 is 4.74 Å². The molecule has 14 heavy (non-hydrogen) atoms. The van der Waals surface area contributed by atoms with Gasteiger partial charge in [-0.25, -0.2) is 0 Å². The number of nitrogens with one attached hydrogen (secondary N) is 1. The van der Waals surface area contributed by atoms with Crippen molar-refractivity contribution in [2.75, 3.05) is 20.2 Å². The maximum atomic E-state index is 5.35. The third-order valence-electron chi connectivity index (χ3n) is 2.65. The Labute approximate surface area is 92.8 Å². The summed E-state index contributed by atoms with van der Waals surface area (Å²) in [6.45, 7) is 2.26. The summed E-state index contributed by atoms with van der Waals surface area (Å²) in [6, 6.07) is 6.10. The van der Waals surface area contributed by atoms with E-state index in [2.05, 4.69) is 27.3 Å². The predicted octanol–water partition coefficient (Wildman–Crippen LogP) is 2.22. The molecule has 1 aliphatic rings. The van der Waals surface area contributed by atoms with Gasteiger partial charge in [0.25, 0.3) is 0 Å². The Morgan fingerprint density at radius 1 is 1.50 bits per heavy atom. The Morgan fingerprint density at radius 2 is 2.29 bits per heavy atom. The van der Waals surface area contributed by atoms with E-state index in [1.165, 1.54) is 5.56 Å². The summed E-state index contributed by atoms with van der Waals surface area (Å²) in [4.78, 5) is 0. The van der Waals surface area contributed by atoms with E-state index in [-0.39, 0.29) is 0 Å². The lowest BCUT2D eigenvalue weighted by Gasteiger charge is -2.28. The molecule has 0 atom stereocenters.